The van der Waals surface area contributed by atoms with Crippen molar-refractivity contribution in [3.63, 3.8) is 0 Å². The molecule has 0 saturated heterocycles. The lowest BCUT2D eigenvalue weighted by molar-refractivity contribution is 0.826. The molecule has 2 nitrogen and oxygen atoms in total. The Kier molecular flexibility index (Phi) is 2.78. The number of benzene rings is 1. The van der Waals surface area contributed by atoms with Crippen molar-refractivity contribution >= 4 is 11.6 Å². The van der Waals surface area contributed by atoms with E-state index in [0.29, 0.717) is 5.88 Å². The molecule has 0 amide bonds. The second kappa shape index (κ2) is 4.07. The van der Waals surface area contributed by atoms with Crippen LogP contribution < -0.4 is 0 Å². The lowest BCUT2D eigenvalue weighted by atomic mass is 10.2. The van der Waals surface area contributed by atoms with Crippen LogP contribution in [0.5, 0.6) is 0 Å². The van der Waals surface area contributed by atoms with Gasteiger partial charge in [0, 0.05) is 11.6 Å². The summed E-state index contributed by atoms with van der Waals surface area (Å²) in [6, 6.07) is 10.1. The summed E-state index contributed by atoms with van der Waals surface area (Å²) in [5.74, 6) is 0.508. The molecular weight excluding hydrogens is 208 g/mol. The van der Waals surface area contributed by atoms with Gasteiger partial charge >= 0.3 is 0 Å². The molecule has 78 valence electrons. The lowest BCUT2D eigenvalue weighted by Gasteiger charge is -2.08. The standard InChI is InChI=1S/C12H13ClN2/c1-9-7-10(2)15(14-9)12-6-4-3-5-11(12)8-13/h3-7H,8H2,1-2H3. The van der Waals surface area contributed by atoms with Crippen LogP contribution in [0.25, 0.3) is 5.69 Å². The fourth-order valence-corrected chi connectivity index (χ4v) is 1.93. The van der Waals surface area contributed by atoms with E-state index in [9.17, 15) is 0 Å². The number of hydrogen-bond donors (Lipinski definition) is 0. The van der Waals surface area contributed by atoms with Gasteiger partial charge in [0.15, 0.2) is 0 Å². The van der Waals surface area contributed by atoms with Crippen LogP contribution in [0.2, 0.25) is 0 Å². The largest absolute Gasteiger partial charge is 0.238 e. The molecule has 0 unspecified atom stereocenters. The molecule has 0 aliphatic rings. The summed E-state index contributed by atoms with van der Waals surface area (Å²) in [6.45, 7) is 4.04. The second-order valence-electron chi connectivity index (χ2n) is 3.60. The Labute approximate surface area is 94.5 Å². The molecule has 2 rings (SSSR count). The Morgan fingerprint density at radius 1 is 1.27 bits per heavy atom. The number of aromatic nitrogens is 2. The first-order valence-electron chi connectivity index (χ1n) is 4.90. The van der Waals surface area contributed by atoms with Crippen molar-refractivity contribution in [1.29, 1.82) is 0 Å². The maximum atomic E-state index is 5.90. The summed E-state index contributed by atoms with van der Waals surface area (Å²) >= 11 is 5.90. The van der Waals surface area contributed by atoms with Gasteiger partial charge in [0.2, 0.25) is 0 Å². The highest BCUT2D eigenvalue weighted by molar-refractivity contribution is 6.17. The van der Waals surface area contributed by atoms with Crippen LogP contribution in [-0.2, 0) is 5.88 Å². The molecule has 3 heteroatoms. The molecule has 1 aromatic carbocycles. The molecule has 0 bridgehead atoms. The molecule has 0 aliphatic carbocycles. The monoisotopic (exact) mass is 220 g/mol. The van der Waals surface area contributed by atoms with Crippen LogP contribution in [0.4, 0.5) is 0 Å². The van der Waals surface area contributed by atoms with E-state index in [2.05, 4.69) is 11.2 Å². The van der Waals surface area contributed by atoms with Crippen LogP contribution in [0.15, 0.2) is 30.3 Å². The maximum Gasteiger partial charge on any atom is 0.0692 e. The average Bonchev–Trinajstić information content (AvgIpc) is 2.57. The highest BCUT2D eigenvalue weighted by Gasteiger charge is 2.06. The molecule has 0 spiro atoms. The third-order valence-corrected chi connectivity index (χ3v) is 2.66. The fraction of sp³-hybridized carbons (Fsp3) is 0.250. The summed E-state index contributed by atoms with van der Waals surface area (Å²) in [7, 11) is 0. The number of aryl methyl sites for hydroxylation is 2. The molecule has 0 saturated carbocycles. The summed E-state index contributed by atoms with van der Waals surface area (Å²) in [6.07, 6.45) is 0. The lowest BCUT2D eigenvalue weighted by Crippen LogP contribution is -2.02. The van der Waals surface area contributed by atoms with Crippen molar-refractivity contribution in [2.24, 2.45) is 0 Å². The minimum Gasteiger partial charge on any atom is -0.238 e. The Hall–Kier alpha value is -1.28. The van der Waals surface area contributed by atoms with E-state index in [1.165, 1.54) is 0 Å². The van der Waals surface area contributed by atoms with E-state index < -0.39 is 0 Å². The van der Waals surface area contributed by atoms with Crippen LogP contribution in [0, 0.1) is 13.8 Å². The van der Waals surface area contributed by atoms with Crippen molar-refractivity contribution in [3.05, 3.63) is 47.3 Å². The summed E-state index contributed by atoms with van der Waals surface area (Å²) in [5, 5.41) is 4.45. The molecule has 0 aliphatic heterocycles. The van der Waals surface area contributed by atoms with E-state index in [0.717, 1.165) is 22.6 Å². The third kappa shape index (κ3) is 1.90. The number of alkyl halides is 1. The van der Waals surface area contributed by atoms with Crippen LogP contribution >= 0.6 is 11.6 Å². The van der Waals surface area contributed by atoms with Gasteiger partial charge in [0.25, 0.3) is 0 Å². The first kappa shape index (κ1) is 10.2. The average molecular weight is 221 g/mol. The molecule has 2 aromatic rings. The minimum absolute atomic E-state index is 0.508. The first-order valence-corrected chi connectivity index (χ1v) is 5.43. The van der Waals surface area contributed by atoms with Gasteiger partial charge in [-0.25, -0.2) is 4.68 Å². The van der Waals surface area contributed by atoms with E-state index in [1.807, 2.05) is 42.8 Å². The second-order valence-corrected chi connectivity index (χ2v) is 3.87. The van der Waals surface area contributed by atoms with Crippen molar-refractivity contribution < 1.29 is 0 Å². The Morgan fingerprint density at radius 2 is 2.00 bits per heavy atom. The molecular formula is C12H13ClN2. The molecule has 15 heavy (non-hydrogen) atoms. The third-order valence-electron chi connectivity index (χ3n) is 2.37. The van der Waals surface area contributed by atoms with Crippen LogP contribution in [-0.4, -0.2) is 9.78 Å². The van der Waals surface area contributed by atoms with E-state index >= 15 is 0 Å². The molecule has 0 atom stereocenters. The molecule has 1 heterocycles. The Balaban J connectivity index is 2.58. The smallest absolute Gasteiger partial charge is 0.0692 e. The van der Waals surface area contributed by atoms with Crippen molar-refractivity contribution in [3.8, 4) is 5.69 Å². The molecule has 0 radical (unpaired) electrons. The SMILES string of the molecule is Cc1cc(C)n(-c2ccccc2CCl)n1. The van der Waals surface area contributed by atoms with Gasteiger partial charge in [-0.3, -0.25) is 0 Å². The zero-order valence-corrected chi connectivity index (χ0v) is 9.62. The number of hydrogen-bond acceptors (Lipinski definition) is 1. The van der Waals surface area contributed by atoms with Crippen molar-refractivity contribution in [2.45, 2.75) is 19.7 Å². The number of nitrogens with zero attached hydrogens (tertiary/aromatic N) is 2. The first-order chi connectivity index (χ1) is 7.22. The van der Waals surface area contributed by atoms with Gasteiger partial charge < -0.3 is 0 Å². The quantitative estimate of drug-likeness (QED) is 0.711. The number of para-hydroxylation sites is 1. The van der Waals surface area contributed by atoms with Gasteiger partial charge in [-0.1, -0.05) is 18.2 Å². The summed E-state index contributed by atoms with van der Waals surface area (Å²) < 4.78 is 1.94. The van der Waals surface area contributed by atoms with Crippen molar-refractivity contribution in [1.82, 2.24) is 9.78 Å². The zero-order valence-electron chi connectivity index (χ0n) is 8.87. The van der Waals surface area contributed by atoms with Crippen molar-refractivity contribution in [2.75, 3.05) is 0 Å². The predicted molar refractivity (Wildman–Crippen MR) is 62.6 cm³/mol. The highest BCUT2D eigenvalue weighted by atomic mass is 35.5. The molecule has 0 fully saturated rings. The zero-order chi connectivity index (χ0) is 10.8. The van der Waals surface area contributed by atoms with Crippen LogP contribution in [0.1, 0.15) is 17.0 Å². The predicted octanol–water partition coefficient (Wildman–Crippen LogP) is 3.23. The number of rotatable bonds is 2. The molecule has 1 aromatic heterocycles. The van der Waals surface area contributed by atoms with E-state index in [1.54, 1.807) is 0 Å². The van der Waals surface area contributed by atoms with E-state index in [-0.39, 0.29) is 0 Å². The minimum atomic E-state index is 0.508. The Bertz CT molecular complexity index is 474. The molecule has 0 N–H and O–H groups in total. The topological polar surface area (TPSA) is 17.8 Å². The fourth-order valence-electron chi connectivity index (χ4n) is 1.70. The van der Waals surface area contributed by atoms with Gasteiger partial charge in [-0.05, 0) is 31.5 Å². The van der Waals surface area contributed by atoms with Gasteiger partial charge in [0.05, 0.1) is 11.4 Å². The highest BCUT2D eigenvalue weighted by Crippen LogP contribution is 2.18. The summed E-state index contributed by atoms with van der Waals surface area (Å²) in [5.41, 5.74) is 4.32. The van der Waals surface area contributed by atoms with E-state index in [4.69, 9.17) is 11.6 Å². The normalized spacial score (nSPS) is 10.6. The number of halogens is 1. The Morgan fingerprint density at radius 3 is 2.60 bits per heavy atom. The van der Waals surface area contributed by atoms with Gasteiger partial charge in [-0.2, -0.15) is 5.10 Å². The van der Waals surface area contributed by atoms with Gasteiger partial charge in [0.1, 0.15) is 0 Å². The summed E-state index contributed by atoms with van der Waals surface area (Å²) in [4.78, 5) is 0. The maximum absolute atomic E-state index is 5.90. The van der Waals surface area contributed by atoms with Gasteiger partial charge in [-0.15, -0.1) is 11.6 Å². The van der Waals surface area contributed by atoms with Crippen LogP contribution in [0.3, 0.4) is 0 Å².